The molecule has 0 saturated heterocycles. The highest BCUT2D eigenvalue weighted by atomic mass is 79.9. The summed E-state index contributed by atoms with van der Waals surface area (Å²) < 4.78 is 5.12. The first-order chi connectivity index (χ1) is 7.26. The predicted molar refractivity (Wildman–Crippen MR) is 67.7 cm³/mol. The van der Waals surface area contributed by atoms with Crippen LogP contribution in [0, 0.1) is 0 Å². The molecule has 0 aromatic heterocycles. The van der Waals surface area contributed by atoms with Crippen LogP contribution < -0.4 is 4.74 Å². The van der Waals surface area contributed by atoms with E-state index in [0.717, 1.165) is 24.2 Å². The van der Waals surface area contributed by atoms with Gasteiger partial charge in [-0.1, -0.05) is 28.1 Å². The van der Waals surface area contributed by atoms with Crippen molar-refractivity contribution >= 4 is 15.9 Å². The SMILES string of the molecule is COc1ccc(CN(C)CCCBr)cc1. The predicted octanol–water partition coefficient (Wildman–Crippen LogP) is 2.91. The van der Waals surface area contributed by atoms with E-state index in [-0.39, 0.29) is 0 Å². The minimum atomic E-state index is 0.918. The first kappa shape index (κ1) is 12.5. The van der Waals surface area contributed by atoms with E-state index in [1.54, 1.807) is 7.11 Å². The Labute approximate surface area is 100 Å². The summed E-state index contributed by atoms with van der Waals surface area (Å²) >= 11 is 3.44. The number of halogens is 1. The maximum absolute atomic E-state index is 5.12. The van der Waals surface area contributed by atoms with E-state index in [9.17, 15) is 0 Å². The molecule has 1 rings (SSSR count). The molecule has 0 amide bonds. The van der Waals surface area contributed by atoms with Gasteiger partial charge in [0.05, 0.1) is 7.11 Å². The van der Waals surface area contributed by atoms with Crippen LogP contribution in [0.25, 0.3) is 0 Å². The van der Waals surface area contributed by atoms with E-state index in [2.05, 4.69) is 40.0 Å². The van der Waals surface area contributed by atoms with Crippen molar-refractivity contribution in [1.29, 1.82) is 0 Å². The Morgan fingerprint density at radius 1 is 1.27 bits per heavy atom. The van der Waals surface area contributed by atoms with Gasteiger partial charge >= 0.3 is 0 Å². The second-order valence-corrected chi connectivity index (χ2v) is 4.42. The Kier molecular flexibility index (Phi) is 5.73. The molecule has 15 heavy (non-hydrogen) atoms. The van der Waals surface area contributed by atoms with E-state index < -0.39 is 0 Å². The highest BCUT2D eigenvalue weighted by molar-refractivity contribution is 9.09. The van der Waals surface area contributed by atoms with Gasteiger partial charge in [-0.3, -0.25) is 0 Å². The molecule has 84 valence electrons. The number of ether oxygens (including phenoxy) is 1. The van der Waals surface area contributed by atoms with Crippen LogP contribution in [0.15, 0.2) is 24.3 Å². The third kappa shape index (κ3) is 4.67. The molecule has 0 aliphatic heterocycles. The Bertz CT molecular complexity index is 273. The molecule has 0 heterocycles. The Morgan fingerprint density at radius 2 is 1.93 bits per heavy atom. The van der Waals surface area contributed by atoms with Crippen LogP contribution in [0.1, 0.15) is 12.0 Å². The van der Waals surface area contributed by atoms with Gasteiger partial charge in [0.15, 0.2) is 0 Å². The maximum atomic E-state index is 5.12. The van der Waals surface area contributed by atoms with Crippen LogP contribution >= 0.6 is 15.9 Å². The zero-order valence-corrected chi connectivity index (χ0v) is 11.0. The fourth-order valence-corrected chi connectivity index (χ4v) is 1.70. The molecular weight excluding hydrogens is 254 g/mol. The van der Waals surface area contributed by atoms with Gasteiger partial charge in [-0.25, -0.2) is 0 Å². The van der Waals surface area contributed by atoms with Crippen molar-refractivity contribution < 1.29 is 4.74 Å². The van der Waals surface area contributed by atoms with Gasteiger partial charge in [-0.05, 0) is 37.7 Å². The molecule has 0 bridgehead atoms. The Balaban J connectivity index is 2.42. The molecular formula is C12H18BrNO. The monoisotopic (exact) mass is 271 g/mol. The summed E-state index contributed by atoms with van der Waals surface area (Å²) in [5.41, 5.74) is 1.33. The maximum Gasteiger partial charge on any atom is 0.118 e. The van der Waals surface area contributed by atoms with Crippen molar-refractivity contribution in [3.8, 4) is 5.75 Å². The lowest BCUT2D eigenvalue weighted by atomic mass is 10.2. The second kappa shape index (κ2) is 6.85. The second-order valence-electron chi connectivity index (χ2n) is 3.63. The Hall–Kier alpha value is -0.540. The topological polar surface area (TPSA) is 12.5 Å². The van der Waals surface area contributed by atoms with Gasteiger partial charge in [0, 0.05) is 11.9 Å². The van der Waals surface area contributed by atoms with Crippen LogP contribution in [-0.4, -0.2) is 30.9 Å². The summed E-state index contributed by atoms with van der Waals surface area (Å²) in [5.74, 6) is 0.918. The van der Waals surface area contributed by atoms with Crippen molar-refractivity contribution in [2.45, 2.75) is 13.0 Å². The van der Waals surface area contributed by atoms with Crippen molar-refractivity contribution in [2.75, 3.05) is 26.0 Å². The number of benzene rings is 1. The average molecular weight is 272 g/mol. The molecule has 0 fully saturated rings. The van der Waals surface area contributed by atoms with Gasteiger partial charge in [0.2, 0.25) is 0 Å². The van der Waals surface area contributed by atoms with Crippen LogP contribution in [0.5, 0.6) is 5.75 Å². The van der Waals surface area contributed by atoms with Crippen molar-refractivity contribution in [3.05, 3.63) is 29.8 Å². The van der Waals surface area contributed by atoms with E-state index in [0.29, 0.717) is 0 Å². The summed E-state index contributed by atoms with van der Waals surface area (Å²) in [7, 11) is 3.84. The lowest BCUT2D eigenvalue weighted by Crippen LogP contribution is -2.19. The fourth-order valence-electron chi connectivity index (χ4n) is 1.45. The third-order valence-corrected chi connectivity index (χ3v) is 2.85. The molecule has 2 nitrogen and oxygen atoms in total. The summed E-state index contributed by atoms with van der Waals surface area (Å²) in [5, 5.41) is 1.07. The van der Waals surface area contributed by atoms with E-state index in [4.69, 9.17) is 4.74 Å². The molecule has 0 atom stereocenters. The van der Waals surface area contributed by atoms with Crippen molar-refractivity contribution in [2.24, 2.45) is 0 Å². The first-order valence-electron chi connectivity index (χ1n) is 5.13. The molecule has 0 radical (unpaired) electrons. The third-order valence-electron chi connectivity index (χ3n) is 2.29. The molecule has 3 heteroatoms. The standard InChI is InChI=1S/C12H18BrNO/c1-14(9-3-8-13)10-11-4-6-12(15-2)7-5-11/h4-7H,3,8-10H2,1-2H3. The summed E-state index contributed by atoms with van der Waals surface area (Å²) in [6.07, 6.45) is 1.19. The number of rotatable bonds is 6. The number of alkyl halides is 1. The normalized spacial score (nSPS) is 10.7. The van der Waals surface area contributed by atoms with Gasteiger partial charge in [-0.2, -0.15) is 0 Å². The van der Waals surface area contributed by atoms with E-state index in [1.165, 1.54) is 12.0 Å². The molecule has 0 aliphatic rings. The molecule has 0 N–H and O–H groups in total. The molecule has 0 aliphatic carbocycles. The molecule has 0 saturated carbocycles. The van der Waals surface area contributed by atoms with Gasteiger partial charge in [-0.15, -0.1) is 0 Å². The van der Waals surface area contributed by atoms with Crippen LogP contribution in [0.3, 0.4) is 0 Å². The largest absolute Gasteiger partial charge is 0.497 e. The highest BCUT2D eigenvalue weighted by Crippen LogP contribution is 2.12. The zero-order chi connectivity index (χ0) is 11.1. The van der Waals surface area contributed by atoms with E-state index in [1.807, 2.05) is 12.1 Å². The first-order valence-corrected chi connectivity index (χ1v) is 6.26. The number of hydrogen-bond acceptors (Lipinski definition) is 2. The lowest BCUT2D eigenvalue weighted by Gasteiger charge is -2.15. The average Bonchev–Trinajstić information content (AvgIpc) is 2.27. The van der Waals surface area contributed by atoms with Crippen molar-refractivity contribution in [1.82, 2.24) is 4.90 Å². The minimum absolute atomic E-state index is 0.918. The van der Waals surface area contributed by atoms with Gasteiger partial charge < -0.3 is 9.64 Å². The summed E-state index contributed by atoms with van der Waals surface area (Å²) in [6.45, 7) is 2.12. The van der Waals surface area contributed by atoms with E-state index >= 15 is 0 Å². The van der Waals surface area contributed by atoms with Crippen molar-refractivity contribution in [3.63, 3.8) is 0 Å². The smallest absolute Gasteiger partial charge is 0.118 e. The fraction of sp³-hybridized carbons (Fsp3) is 0.500. The quantitative estimate of drug-likeness (QED) is 0.738. The lowest BCUT2D eigenvalue weighted by molar-refractivity contribution is 0.328. The molecule has 1 aromatic rings. The Morgan fingerprint density at radius 3 is 2.47 bits per heavy atom. The van der Waals surface area contributed by atoms with Crippen LogP contribution in [0.4, 0.5) is 0 Å². The summed E-state index contributed by atoms with van der Waals surface area (Å²) in [6, 6.07) is 8.24. The minimum Gasteiger partial charge on any atom is -0.497 e. The molecule has 0 spiro atoms. The number of hydrogen-bond donors (Lipinski definition) is 0. The highest BCUT2D eigenvalue weighted by Gasteiger charge is 1.99. The number of nitrogens with zero attached hydrogens (tertiary/aromatic N) is 1. The van der Waals surface area contributed by atoms with Crippen LogP contribution in [-0.2, 0) is 6.54 Å². The molecule has 0 unspecified atom stereocenters. The van der Waals surface area contributed by atoms with Gasteiger partial charge in [0.25, 0.3) is 0 Å². The van der Waals surface area contributed by atoms with Gasteiger partial charge in [0.1, 0.15) is 5.75 Å². The van der Waals surface area contributed by atoms with Crippen LogP contribution in [0.2, 0.25) is 0 Å². The molecule has 1 aromatic carbocycles. The summed E-state index contributed by atoms with van der Waals surface area (Å²) in [4.78, 5) is 2.32. The zero-order valence-electron chi connectivity index (χ0n) is 9.37. The number of methoxy groups -OCH3 is 1.